The van der Waals surface area contributed by atoms with E-state index in [4.69, 9.17) is 21.1 Å². The second kappa shape index (κ2) is 9.96. The van der Waals surface area contributed by atoms with Gasteiger partial charge in [0.1, 0.15) is 0 Å². The number of aromatic amines is 1. The van der Waals surface area contributed by atoms with E-state index in [1.165, 1.54) is 0 Å². The van der Waals surface area contributed by atoms with Crippen molar-refractivity contribution in [2.24, 2.45) is 0 Å². The average Bonchev–Trinajstić information content (AvgIpc) is 3.30. The van der Waals surface area contributed by atoms with E-state index in [1.807, 2.05) is 48.5 Å². The number of amides is 1. The summed E-state index contributed by atoms with van der Waals surface area (Å²) in [5, 5.41) is 11.5. The second-order valence-corrected chi connectivity index (χ2v) is 8.30. The molecule has 8 heteroatoms. The SMILES string of the molecule is COc1ccc(CC(=O)NC2CCCN(c3cc(-c4ccc(Cl)cc4)[nH]n3)C2)cc1OC. The third kappa shape index (κ3) is 5.16. The van der Waals surface area contributed by atoms with Gasteiger partial charge in [0.25, 0.3) is 0 Å². The Bertz CT molecular complexity index is 1070. The summed E-state index contributed by atoms with van der Waals surface area (Å²) in [5.74, 6) is 2.15. The topological polar surface area (TPSA) is 79.5 Å². The molecule has 1 unspecified atom stereocenters. The number of carbonyl (C=O) groups is 1. The molecule has 1 aromatic heterocycles. The lowest BCUT2D eigenvalue weighted by Gasteiger charge is -2.33. The van der Waals surface area contributed by atoms with Gasteiger partial charge in [-0.1, -0.05) is 29.8 Å². The van der Waals surface area contributed by atoms with Crippen LogP contribution >= 0.6 is 11.6 Å². The quantitative estimate of drug-likeness (QED) is 0.562. The Morgan fingerprint density at radius 2 is 1.94 bits per heavy atom. The molecule has 7 nitrogen and oxygen atoms in total. The van der Waals surface area contributed by atoms with Gasteiger partial charge < -0.3 is 19.7 Å². The fourth-order valence-electron chi connectivity index (χ4n) is 4.01. The summed E-state index contributed by atoms with van der Waals surface area (Å²) in [4.78, 5) is 14.9. The highest BCUT2D eigenvalue weighted by molar-refractivity contribution is 6.30. The number of nitrogens with zero attached hydrogens (tertiary/aromatic N) is 2. The van der Waals surface area contributed by atoms with Crippen LogP contribution in [0.1, 0.15) is 18.4 Å². The molecule has 1 aliphatic heterocycles. The molecule has 4 rings (SSSR count). The molecule has 1 atom stereocenters. The van der Waals surface area contributed by atoms with Crippen molar-refractivity contribution in [2.45, 2.75) is 25.3 Å². The predicted octanol–water partition coefficient (Wildman–Crippen LogP) is 4.08. The first kappa shape index (κ1) is 22.0. The molecule has 1 fully saturated rings. The summed E-state index contributed by atoms with van der Waals surface area (Å²) in [6.07, 6.45) is 2.23. The van der Waals surface area contributed by atoms with E-state index in [9.17, 15) is 4.79 Å². The summed E-state index contributed by atoms with van der Waals surface area (Å²) < 4.78 is 10.6. The molecule has 0 radical (unpaired) electrons. The van der Waals surface area contributed by atoms with Gasteiger partial charge in [0.15, 0.2) is 17.3 Å². The lowest BCUT2D eigenvalue weighted by molar-refractivity contribution is -0.121. The van der Waals surface area contributed by atoms with E-state index < -0.39 is 0 Å². The van der Waals surface area contributed by atoms with Gasteiger partial charge in [-0.2, -0.15) is 5.10 Å². The standard InChI is InChI=1S/C24H27ClN4O3/c1-31-21-10-5-16(12-22(21)32-2)13-24(30)26-19-4-3-11-29(15-19)23-14-20(27-28-23)17-6-8-18(25)9-7-17/h5-10,12,14,19H,3-4,11,13,15H2,1-2H3,(H,26,30)(H,27,28). The highest BCUT2D eigenvalue weighted by Crippen LogP contribution is 2.28. The average molecular weight is 455 g/mol. The maximum atomic E-state index is 12.7. The molecule has 168 valence electrons. The summed E-state index contributed by atoms with van der Waals surface area (Å²) in [7, 11) is 3.18. The first-order valence-corrected chi connectivity index (χ1v) is 11.0. The predicted molar refractivity (Wildman–Crippen MR) is 126 cm³/mol. The van der Waals surface area contributed by atoms with Crippen LogP contribution in [0.15, 0.2) is 48.5 Å². The minimum atomic E-state index is -0.00653. The van der Waals surface area contributed by atoms with Gasteiger partial charge in [0.2, 0.25) is 5.91 Å². The number of benzene rings is 2. The normalized spacial score (nSPS) is 16.0. The largest absolute Gasteiger partial charge is 0.493 e. The molecular weight excluding hydrogens is 428 g/mol. The number of hydrogen-bond acceptors (Lipinski definition) is 5. The Morgan fingerprint density at radius 1 is 1.16 bits per heavy atom. The van der Waals surface area contributed by atoms with Crippen molar-refractivity contribution in [3.8, 4) is 22.8 Å². The lowest BCUT2D eigenvalue weighted by Crippen LogP contribution is -2.48. The molecule has 1 amide bonds. The van der Waals surface area contributed by atoms with Crippen LogP contribution in [0.2, 0.25) is 5.02 Å². The third-order valence-electron chi connectivity index (χ3n) is 5.64. The number of aromatic nitrogens is 2. The van der Waals surface area contributed by atoms with Crippen LogP contribution in [-0.2, 0) is 11.2 Å². The van der Waals surface area contributed by atoms with Gasteiger partial charge in [0, 0.05) is 30.2 Å². The number of anilines is 1. The van der Waals surface area contributed by atoms with Gasteiger partial charge >= 0.3 is 0 Å². The second-order valence-electron chi connectivity index (χ2n) is 7.87. The molecule has 2 aromatic carbocycles. The zero-order valence-electron chi connectivity index (χ0n) is 18.2. The van der Waals surface area contributed by atoms with Crippen molar-refractivity contribution >= 4 is 23.3 Å². The van der Waals surface area contributed by atoms with E-state index in [2.05, 4.69) is 20.4 Å². The molecule has 2 N–H and O–H groups in total. The number of ether oxygens (including phenoxy) is 2. The molecule has 0 bridgehead atoms. The molecule has 3 aromatic rings. The Kier molecular flexibility index (Phi) is 6.85. The number of rotatable bonds is 7. The minimum Gasteiger partial charge on any atom is -0.493 e. The van der Waals surface area contributed by atoms with Crippen molar-refractivity contribution in [2.75, 3.05) is 32.2 Å². The van der Waals surface area contributed by atoms with Gasteiger partial charge in [-0.15, -0.1) is 0 Å². The van der Waals surface area contributed by atoms with Crippen LogP contribution in [-0.4, -0.2) is 49.5 Å². The van der Waals surface area contributed by atoms with Crippen LogP contribution < -0.4 is 19.7 Å². The minimum absolute atomic E-state index is 0.00653. The van der Waals surface area contributed by atoms with Crippen LogP contribution in [0, 0.1) is 0 Å². The number of piperidine rings is 1. The number of H-pyrrole nitrogens is 1. The molecule has 1 aliphatic rings. The molecule has 0 aliphatic carbocycles. The van der Waals surface area contributed by atoms with Gasteiger partial charge in [-0.05, 0) is 48.2 Å². The summed E-state index contributed by atoms with van der Waals surface area (Å²) in [6, 6.07) is 15.3. The maximum absolute atomic E-state index is 12.7. The van der Waals surface area contributed by atoms with Crippen LogP contribution in [0.25, 0.3) is 11.3 Å². The van der Waals surface area contributed by atoms with Crippen LogP contribution in [0.3, 0.4) is 0 Å². The third-order valence-corrected chi connectivity index (χ3v) is 5.89. The fourth-order valence-corrected chi connectivity index (χ4v) is 4.13. The van der Waals surface area contributed by atoms with Crippen LogP contribution in [0.4, 0.5) is 5.82 Å². The summed E-state index contributed by atoms with van der Waals surface area (Å²) >= 11 is 5.98. The van der Waals surface area contributed by atoms with E-state index in [0.717, 1.165) is 48.6 Å². The van der Waals surface area contributed by atoms with Crippen LogP contribution in [0.5, 0.6) is 11.5 Å². The summed E-state index contributed by atoms with van der Waals surface area (Å²) in [5.41, 5.74) is 2.86. The Labute approximate surface area is 192 Å². The van der Waals surface area contributed by atoms with Crippen molar-refractivity contribution in [1.29, 1.82) is 0 Å². The van der Waals surface area contributed by atoms with Gasteiger partial charge in [-0.25, -0.2) is 0 Å². The monoisotopic (exact) mass is 454 g/mol. The van der Waals surface area contributed by atoms with Crippen molar-refractivity contribution < 1.29 is 14.3 Å². The van der Waals surface area contributed by atoms with Gasteiger partial charge in [0.05, 0.1) is 26.3 Å². The molecule has 1 saturated heterocycles. The first-order chi connectivity index (χ1) is 15.6. The van der Waals surface area contributed by atoms with Crippen molar-refractivity contribution in [3.05, 3.63) is 59.1 Å². The first-order valence-electron chi connectivity index (χ1n) is 10.6. The zero-order valence-corrected chi connectivity index (χ0v) is 19.0. The van der Waals surface area contributed by atoms with E-state index in [-0.39, 0.29) is 11.9 Å². The molecule has 2 heterocycles. The molecule has 0 spiro atoms. The number of hydrogen-bond donors (Lipinski definition) is 2. The molecular formula is C24H27ClN4O3. The number of carbonyl (C=O) groups excluding carboxylic acids is 1. The highest BCUT2D eigenvalue weighted by atomic mass is 35.5. The van der Waals surface area contributed by atoms with Crippen molar-refractivity contribution in [3.63, 3.8) is 0 Å². The highest BCUT2D eigenvalue weighted by Gasteiger charge is 2.23. The van der Waals surface area contributed by atoms with E-state index in [1.54, 1.807) is 14.2 Å². The maximum Gasteiger partial charge on any atom is 0.224 e. The van der Waals surface area contributed by atoms with Crippen molar-refractivity contribution in [1.82, 2.24) is 15.5 Å². The van der Waals surface area contributed by atoms with E-state index in [0.29, 0.717) is 22.9 Å². The lowest BCUT2D eigenvalue weighted by atomic mass is 10.0. The number of halogens is 1. The Morgan fingerprint density at radius 3 is 2.69 bits per heavy atom. The number of methoxy groups -OCH3 is 2. The zero-order chi connectivity index (χ0) is 22.5. The molecule has 0 saturated carbocycles. The van der Waals surface area contributed by atoms with E-state index >= 15 is 0 Å². The smallest absolute Gasteiger partial charge is 0.224 e. The summed E-state index contributed by atoms with van der Waals surface area (Å²) in [6.45, 7) is 1.63. The fraction of sp³-hybridized carbons (Fsp3) is 0.333. The Balaban J connectivity index is 1.36. The number of nitrogens with one attached hydrogen (secondary N) is 2. The van der Waals surface area contributed by atoms with Gasteiger partial charge in [-0.3, -0.25) is 9.89 Å². The Hall–Kier alpha value is -3.19. The molecule has 32 heavy (non-hydrogen) atoms.